The molecule has 3 nitrogen and oxygen atoms in total. The van der Waals surface area contributed by atoms with Gasteiger partial charge in [-0.2, -0.15) is 0 Å². The van der Waals surface area contributed by atoms with E-state index in [2.05, 4.69) is 6.92 Å². The summed E-state index contributed by atoms with van der Waals surface area (Å²) in [6, 6.07) is 3.30. The van der Waals surface area contributed by atoms with Crippen LogP contribution in [0.25, 0.3) is 0 Å². The summed E-state index contributed by atoms with van der Waals surface area (Å²) in [7, 11) is 0. The van der Waals surface area contributed by atoms with E-state index in [4.69, 9.17) is 4.74 Å². The Morgan fingerprint density at radius 2 is 2.00 bits per heavy atom. The molecule has 0 saturated carbocycles. The number of hydrogen-bond donors (Lipinski definition) is 2. The first-order valence-electron chi connectivity index (χ1n) is 4.80. The van der Waals surface area contributed by atoms with Crippen molar-refractivity contribution in [1.82, 2.24) is 0 Å². The minimum atomic E-state index is -0.138. The van der Waals surface area contributed by atoms with E-state index in [9.17, 15) is 10.2 Å². The molecule has 0 spiro atoms. The van der Waals surface area contributed by atoms with Crippen molar-refractivity contribution < 1.29 is 14.9 Å². The predicted octanol–water partition coefficient (Wildman–Crippen LogP) is 2.06. The van der Waals surface area contributed by atoms with Crippen molar-refractivity contribution in [2.75, 3.05) is 0 Å². The molecule has 0 saturated heterocycles. The Bertz CT molecular complexity index is 360. The molecule has 0 aliphatic carbocycles. The van der Waals surface area contributed by atoms with Gasteiger partial charge in [0.2, 0.25) is 5.75 Å². The minimum Gasteiger partial charge on any atom is -0.504 e. The Kier molecular flexibility index (Phi) is 2.02. The fourth-order valence-corrected chi connectivity index (χ4v) is 1.71. The normalized spacial score (nSPS) is 25.3. The maximum atomic E-state index is 9.57. The average molecular weight is 194 g/mol. The zero-order valence-electron chi connectivity index (χ0n) is 8.32. The number of phenols is 2. The van der Waals surface area contributed by atoms with Gasteiger partial charge in [0.05, 0.1) is 6.10 Å². The molecule has 2 atom stereocenters. The molecule has 2 unspecified atom stereocenters. The average Bonchev–Trinajstić information content (AvgIpc) is 2.15. The molecule has 1 aliphatic heterocycles. The van der Waals surface area contributed by atoms with E-state index < -0.39 is 0 Å². The second kappa shape index (κ2) is 3.08. The number of aromatic hydroxyl groups is 2. The van der Waals surface area contributed by atoms with Crippen LogP contribution in [0.15, 0.2) is 12.1 Å². The standard InChI is InChI=1S/C11H14O3/c1-6-5-8-3-4-9(12)10(13)11(8)14-7(6)2/h3-4,6-7,12-13H,5H2,1-2H3. The Hall–Kier alpha value is -1.38. The van der Waals surface area contributed by atoms with Crippen molar-refractivity contribution in [1.29, 1.82) is 0 Å². The monoisotopic (exact) mass is 194 g/mol. The van der Waals surface area contributed by atoms with Crippen LogP contribution in [0.2, 0.25) is 0 Å². The number of benzene rings is 1. The van der Waals surface area contributed by atoms with Crippen LogP contribution >= 0.6 is 0 Å². The summed E-state index contributed by atoms with van der Waals surface area (Å²) in [5.41, 5.74) is 0.964. The van der Waals surface area contributed by atoms with Gasteiger partial charge in [-0.3, -0.25) is 0 Å². The van der Waals surface area contributed by atoms with E-state index in [1.165, 1.54) is 6.07 Å². The number of rotatable bonds is 0. The largest absolute Gasteiger partial charge is 0.504 e. The molecule has 1 aromatic rings. The molecule has 0 amide bonds. The van der Waals surface area contributed by atoms with Crippen LogP contribution < -0.4 is 4.74 Å². The SMILES string of the molecule is CC1Cc2ccc(O)c(O)c2OC1C. The van der Waals surface area contributed by atoms with Crippen LogP contribution in [0.3, 0.4) is 0 Å². The molecule has 1 aromatic carbocycles. The van der Waals surface area contributed by atoms with Gasteiger partial charge in [-0.15, -0.1) is 0 Å². The van der Waals surface area contributed by atoms with Crippen LogP contribution in [0.5, 0.6) is 17.2 Å². The first-order valence-corrected chi connectivity index (χ1v) is 4.80. The van der Waals surface area contributed by atoms with Gasteiger partial charge in [0, 0.05) is 0 Å². The van der Waals surface area contributed by atoms with Crippen molar-refractivity contribution in [3.8, 4) is 17.2 Å². The minimum absolute atomic E-state index is 0.0789. The molecule has 0 bridgehead atoms. The van der Waals surface area contributed by atoms with Crippen LogP contribution in [0.1, 0.15) is 19.4 Å². The van der Waals surface area contributed by atoms with Crippen LogP contribution in [0, 0.1) is 5.92 Å². The third kappa shape index (κ3) is 1.29. The van der Waals surface area contributed by atoms with Crippen molar-refractivity contribution in [2.45, 2.75) is 26.4 Å². The quantitative estimate of drug-likeness (QED) is 0.621. The van der Waals surface area contributed by atoms with Crippen LogP contribution in [-0.2, 0) is 6.42 Å². The van der Waals surface area contributed by atoms with E-state index >= 15 is 0 Å². The molecule has 2 N–H and O–H groups in total. The van der Waals surface area contributed by atoms with E-state index in [1.54, 1.807) is 6.07 Å². The lowest BCUT2D eigenvalue weighted by molar-refractivity contribution is 0.133. The smallest absolute Gasteiger partial charge is 0.200 e. The number of ether oxygens (including phenoxy) is 1. The molecule has 0 aromatic heterocycles. The summed E-state index contributed by atoms with van der Waals surface area (Å²) >= 11 is 0. The summed E-state index contributed by atoms with van der Waals surface area (Å²) in [6.45, 7) is 4.08. The highest BCUT2D eigenvalue weighted by molar-refractivity contribution is 5.54. The second-order valence-corrected chi connectivity index (χ2v) is 3.93. The highest BCUT2D eigenvalue weighted by Crippen LogP contribution is 2.42. The van der Waals surface area contributed by atoms with Gasteiger partial charge in [-0.05, 0) is 30.9 Å². The summed E-state index contributed by atoms with van der Waals surface area (Å²) in [5, 5.41) is 18.9. The molecule has 2 rings (SSSR count). The maximum absolute atomic E-state index is 9.57. The van der Waals surface area contributed by atoms with E-state index in [0.717, 1.165) is 12.0 Å². The molecule has 76 valence electrons. The molecule has 1 heterocycles. The molecule has 1 aliphatic rings. The van der Waals surface area contributed by atoms with E-state index in [-0.39, 0.29) is 17.6 Å². The number of fused-ring (bicyclic) bond motifs is 1. The Morgan fingerprint density at radius 3 is 2.71 bits per heavy atom. The Balaban J connectivity index is 2.47. The Labute approximate surface area is 83.0 Å². The first-order chi connectivity index (χ1) is 6.59. The molecular weight excluding hydrogens is 180 g/mol. The van der Waals surface area contributed by atoms with Gasteiger partial charge >= 0.3 is 0 Å². The fourth-order valence-electron chi connectivity index (χ4n) is 1.71. The van der Waals surface area contributed by atoms with Gasteiger partial charge in [0.15, 0.2) is 11.5 Å². The maximum Gasteiger partial charge on any atom is 0.200 e. The van der Waals surface area contributed by atoms with Crippen LogP contribution in [0.4, 0.5) is 0 Å². The lowest BCUT2D eigenvalue weighted by Crippen LogP contribution is -2.27. The van der Waals surface area contributed by atoms with E-state index in [0.29, 0.717) is 11.7 Å². The molecule has 0 radical (unpaired) electrons. The summed E-state index contributed by atoms with van der Waals surface area (Å²) < 4.78 is 5.55. The summed E-state index contributed by atoms with van der Waals surface area (Å²) in [6.07, 6.45) is 0.958. The van der Waals surface area contributed by atoms with Gasteiger partial charge in [0.25, 0.3) is 0 Å². The zero-order valence-corrected chi connectivity index (χ0v) is 8.32. The van der Waals surface area contributed by atoms with Gasteiger partial charge in [-0.1, -0.05) is 13.0 Å². The van der Waals surface area contributed by atoms with Crippen molar-refractivity contribution in [2.24, 2.45) is 5.92 Å². The lowest BCUT2D eigenvalue weighted by Gasteiger charge is -2.29. The van der Waals surface area contributed by atoms with Crippen molar-refractivity contribution >= 4 is 0 Å². The predicted molar refractivity (Wildman–Crippen MR) is 52.7 cm³/mol. The first kappa shape index (κ1) is 9.19. The summed E-state index contributed by atoms with van der Waals surface area (Å²) in [4.78, 5) is 0. The third-order valence-corrected chi connectivity index (χ3v) is 2.84. The summed E-state index contributed by atoms with van der Waals surface area (Å²) in [5.74, 6) is 0.619. The van der Waals surface area contributed by atoms with E-state index in [1.807, 2.05) is 6.92 Å². The molecule has 14 heavy (non-hydrogen) atoms. The zero-order chi connectivity index (χ0) is 10.3. The number of phenolic OH excluding ortho intramolecular Hbond substituents is 2. The Morgan fingerprint density at radius 1 is 1.29 bits per heavy atom. The topological polar surface area (TPSA) is 49.7 Å². The van der Waals surface area contributed by atoms with Crippen LogP contribution in [-0.4, -0.2) is 16.3 Å². The van der Waals surface area contributed by atoms with Gasteiger partial charge < -0.3 is 14.9 Å². The molecule has 3 heteroatoms. The van der Waals surface area contributed by atoms with Crippen molar-refractivity contribution in [3.05, 3.63) is 17.7 Å². The third-order valence-electron chi connectivity index (χ3n) is 2.84. The van der Waals surface area contributed by atoms with Gasteiger partial charge in [0.1, 0.15) is 0 Å². The fraction of sp³-hybridized carbons (Fsp3) is 0.455. The second-order valence-electron chi connectivity index (χ2n) is 3.93. The van der Waals surface area contributed by atoms with Crippen molar-refractivity contribution in [3.63, 3.8) is 0 Å². The lowest BCUT2D eigenvalue weighted by atomic mass is 9.93. The highest BCUT2D eigenvalue weighted by Gasteiger charge is 2.26. The highest BCUT2D eigenvalue weighted by atomic mass is 16.5. The van der Waals surface area contributed by atoms with Gasteiger partial charge in [-0.25, -0.2) is 0 Å². The molecule has 0 fully saturated rings. The molecular formula is C11H14O3. The number of hydrogen-bond acceptors (Lipinski definition) is 3.